The zero-order chi connectivity index (χ0) is 15.3. The first-order valence-corrected chi connectivity index (χ1v) is 6.17. The van der Waals surface area contributed by atoms with E-state index < -0.39 is 16.6 Å². The van der Waals surface area contributed by atoms with Gasteiger partial charge in [-0.1, -0.05) is 0 Å². The van der Waals surface area contributed by atoms with Crippen LogP contribution in [0.1, 0.15) is 16.8 Å². The predicted octanol–water partition coefficient (Wildman–Crippen LogP) is 1.76. The number of halogens is 1. The third kappa shape index (κ3) is 4.27. The van der Waals surface area contributed by atoms with Gasteiger partial charge in [0.25, 0.3) is 11.6 Å². The second kappa shape index (κ2) is 6.95. The molecule has 0 aliphatic rings. The van der Waals surface area contributed by atoms with E-state index in [0.717, 1.165) is 31.2 Å². The maximum absolute atomic E-state index is 13.2. The maximum Gasteiger partial charge on any atom is 0.282 e. The quantitative estimate of drug-likeness (QED) is 0.589. The number of carbonyl (C=O) groups is 1. The molecule has 110 valence electrons. The van der Waals surface area contributed by atoms with Crippen LogP contribution in [0.3, 0.4) is 0 Å². The summed E-state index contributed by atoms with van der Waals surface area (Å²) in [4.78, 5) is 25.7. The zero-order valence-corrected chi connectivity index (χ0v) is 11.8. The summed E-state index contributed by atoms with van der Waals surface area (Å²) < 4.78 is 13.2. The van der Waals surface area contributed by atoms with Gasteiger partial charge in [0.05, 0.1) is 4.92 Å². The first-order chi connectivity index (χ1) is 9.32. The molecule has 1 aromatic carbocycles. The van der Waals surface area contributed by atoms with Crippen molar-refractivity contribution in [1.82, 2.24) is 9.80 Å². The number of nitrogens with zero attached hydrogens (tertiary/aromatic N) is 3. The van der Waals surface area contributed by atoms with Gasteiger partial charge in [-0.2, -0.15) is 0 Å². The smallest absolute Gasteiger partial charge is 0.282 e. The van der Waals surface area contributed by atoms with E-state index in [1.54, 1.807) is 7.05 Å². The number of hydrogen-bond donors (Lipinski definition) is 0. The Labute approximate surface area is 116 Å². The molecule has 0 N–H and O–H groups in total. The molecule has 0 fully saturated rings. The summed E-state index contributed by atoms with van der Waals surface area (Å²) in [6.07, 6.45) is 0.734. The average Bonchev–Trinajstić information content (AvgIpc) is 2.36. The minimum absolute atomic E-state index is 0.220. The van der Waals surface area contributed by atoms with Crippen LogP contribution in [-0.4, -0.2) is 54.9 Å². The Hall–Kier alpha value is -2.02. The van der Waals surface area contributed by atoms with Crippen LogP contribution in [-0.2, 0) is 0 Å². The molecule has 0 saturated carbocycles. The third-order valence-electron chi connectivity index (χ3n) is 2.83. The van der Waals surface area contributed by atoms with Crippen molar-refractivity contribution in [2.75, 3.05) is 34.2 Å². The van der Waals surface area contributed by atoms with Crippen LogP contribution in [0, 0.1) is 15.9 Å². The van der Waals surface area contributed by atoms with Gasteiger partial charge in [0.2, 0.25) is 0 Å². The minimum atomic E-state index is -0.680. The van der Waals surface area contributed by atoms with Crippen molar-refractivity contribution in [3.63, 3.8) is 0 Å². The lowest BCUT2D eigenvalue weighted by atomic mass is 10.1. The van der Waals surface area contributed by atoms with Crippen molar-refractivity contribution >= 4 is 11.6 Å². The molecule has 0 aliphatic heterocycles. The molecule has 20 heavy (non-hydrogen) atoms. The molecule has 0 unspecified atom stereocenters. The Morgan fingerprint density at radius 1 is 1.30 bits per heavy atom. The van der Waals surface area contributed by atoms with E-state index in [1.807, 2.05) is 19.0 Å². The van der Waals surface area contributed by atoms with Crippen molar-refractivity contribution in [2.45, 2.75) is 6.42 Å². The SMILES string of the molecule is CN(C)CCCN(C)C(=O)c1cc(F)ccc1[N+](=O)[O-]. The highest BCUT2D eigenvalue weighted by molar-refractivity contribution is 5.98. The number of carbonyl (C=O) groups excluding carboxylic acids is 1. The molecule has 0 heterocycles. The van der Waals surface area contributed by atoms with Crippen molar-refractivity contribution < 1.29 is 14.1 Å². The van der Waals surface area contributed by atoms with E-state index in [2.05, 4.69) is 0 Å². The first kappa shape index (κ1) is 16.0. The van der Waals surface area contributed by atoms with E-state index in [4.69, 9.17) is 0 Å². The summed E-state index contributed by atoms with van der Waals surface area (Å²) >= 11 is 0. The predicted molar refractivity (Wildman–Crippen MR) is 73.2 cm³/mol. The van der Waals surface area contributed by atoms with Gasteiger partial charge in [0, 0.05) is 19.7 Å². The summed E-state index contributed by atoms with van der Waals surface area (Å²) in [5.41, 5.74) is -0.599. The highest BCUT2D eigenvalue weighted by Crippen LogP contribution is 2.21. The molecule has 0 spiro atoms. The fourth-order valence-corrected chi connectivity index (χ4v) is 1.77. The molecule has 0 aliphatic carbocycles. The van der Waals surface area contributed by atoms with Crippen LogP contribution in [0.25, 0.3) is 0 Å². The second-order valence-corrected chi connectivity index (χ2v) is 4.80. The fraction of sp³-hybridized carbons (Fsp3) is 0.462. The fourth-order valence-electron chi connectivity index (χ4n) is 1.77. The van der Waals surface area contributed by atoms with Gasteiger partial charge in [0.1, 0.15) is 11.4 Å². The summed E-state index contributed by atoms with van der Waals surface area (Å²) in [5.74, 6) is -1.21. The lowest BCUT2D eigenvalue weighted by Gasteiger charge is -2.18. The lowest BCUT2D eigenvalue weighted by molar-refractivity contribution is -0.385. The van der Waals surface area contributed by atoms with Crippen LogP contribution in [0.2, 0.25) is 0 Å². The van der Waals surface area contributed by atoms with Gasteiger partial charge in [0.15, 0.2) is 0 Å². The van der Waals surface area contributed by atoms with E-state index in [1.165, 1.54) is 4.90 Å². The molecule has 0 atom stereocenters. The Bertz CT molecular complexity index is 506. The molecule has 0 saturated heterocycles. The minimum Gasteiger partial charge on any atom is -0.341 e. The maximum atomic E-state index is 13.2. The van der Waals surface area contributed by atoms with Gasteiger partial charge in [-0.3, -0.25) is 14.9 Å². The van der Waals surface area contributed by atoms with Gasteiger partial charge in [-0.05, 0) is 39.2 Å². The average molecular weight is 283 g/mol. The van der Waals surface area contributed by atoms with E-state index in [-0.39, 0.29) is 11.3 Å². The van der Waals surface area contributed by atoms with Crippen LogP contribution in [0.15, 0.2) is 18.2 Å². The largest absolute Gasteiger partial charge is 0.341 e. The van der Waals surface area contributed by atoms with Crippen molar-refractivity contribution in [1.29, 1.82) is 0 Å². The van der Waals surface area contributed by atoms with Gasteiger partial charge >= 0.3 is 0 Å². The van der Waals surface area contributed by atoms with E-state index >= 15 is 0 Å². The second-order valence-electron chi connectivity index (χ2n) is 4.80. The highest BCUT2D eigenvalue weighted by Gasteiger charge is 2.23. The highest BCUT2D eigenvalue weighted by atomic mass is 19.1. The Balaban J connectivity index is 2.85. The number of benzene rings is 1. The summed E-state index contributed by atoms with van der Waals surface area (Å²) in [6, 6.07) is 2.89. The van der Waals surface area contributed by atoms with Crippen LogP contribution in [0.5, 0.6) is 0 Å². The Morgan fingerprint density at radius 3 is 2.50 bits per heavy atom. The topological polar surface area (TPSA) is 66.7 Å². The normalized spacial score (nSPS) is 10.7. The molecule has 6 nitrogen and oxygen atoms in total. The summed E-state index contributed by atoms with van der Waals surface area (Å²) in [7, 11) is 5.38. The molecule has 0 bridgehead atoms. The van der Waals surface area contributed by atoms with Crippen LogP contribution in [0.4, 0.5) is 10.1 Å². The number of rotatable bonds is 6. The molecular formula is C13H18FN3O3. The van der Waals surface area contributed by atoms with Crippen molar-refractivity contribution in [2.24, 2.45) is 0 Å². The Morgan fingerprint density at radius 2 is 1.95 bits per heavy atom. The number of amides is 1. The summed E-state index contributed by atoms with van der Waals surface area (Å²) in [5, 5.41) is 10.9. The van der Waals surface area contributed by atoms with E-state index in [9.17, 15) is 19.3 Å². The molecule has 1 aromatic rings. The molecular weight excluding hydrogens is 265 g/mol. The van der Waals surface area contributed by atoms with Gasteiger partial charge in [-0.15, -0.1) is 0 Å². The van der Waals surface area contributed by atoms with Crippen molar-refractivity contribution in [3.8, 4) is 0 Å². The molecule has 1 rings (SSSR count). The van der Waals surface area contributed by atoms with Gasteiger partial charge in [-0.25, -0.2) is 4.39 Å². The zero-order valence-electron chi connectivity index (χ0n) is 11.8. The number of nitro benzene ring substituents is 1. The van der Waals surface area contributed by atoms with Gasteiger partial charge < -0.3 is 9.80 Å². The molecule has 1 amide bonds. The Kier molecular flexibility index (Phi) is 5.57. The van der Waals surface area contributed by atoms with Crippen molar-refractivity contribution in [3.05, 3.63) is 39.7 Å². The third-order valence-corrected chi connectivity index (χ3v) is 2.83. The van der Waals surface area contributed by atoms with Crippen LogP contribution >= 0.6 is 0 Å². The monoisotopic (exact) mass is 283 g/mol. The molecule has 7 heteroatoms. The number of hydrogen-bond acceptors (Lipinski definition) is 4. The molecule has 0 aromatic heterocycles. The van der Waals surface area contributed by atoms with Crippen LogP contribution < -0.4 is 0 Å². The first-order valence-electron chi connectivity index (χ1n) is 6.17. The standard InChI is InChI=1S/C13H18FN3O3/c1-15(2)7-4-8-16(3)13(18)11-9-10(14)5-6-12(11)17(19)20/h5-6,9H,4,7-8H2,1-3H3. The number of nitro groups is 1. The van der Waals surface area contributed by atoms with E-state index in [0.29, 0.717) is 6.54 Å². The molecule has 0 radical (unpaired) electrons. The summed E-state index contributed by atoms with van der Waals surface area (Å²) in [6.45, 7) is 1.24. The lowest BCUT2D eigenvalue weighted by Crippen LogP contribution is -2.30.